The van der Waals surface area contributed by atoms with Crippen LogP contribution in [-0.2, 0) is 13.9 Å². The average molecular weight is 503 g/mol. The highest BCUT2D eigenvalue weighted by atomic mass is 32.2. The molecule has 1 aromatic carbocycles. The van der Waals surface area contributed by atoms with Crippen LogP contribution in [0, 0.1) is 17.3 Å². The second-order valence-electron chi connectivity index (χ2n) is 12.8. The number of hydrogen-bond donors (Lipinski definition) is 0. The van der Waals surface area contributed by atoms with E-state index in [4.69, 9.17) is 13.9 Å². The molecule has 3 saturated carbocycles. The number of carbonyl (C=O) groups excluding carboxylic acids is 1. The minimum Gasteiger partial charge on any atom is -0.426 e. The van der Waals surface area contributed by atoms with Crippen LogP contribution in [0.1, 0.15) is 72.6 Å². The minimum atomic E-state index is -2.04. The number of ether oxygens (including phenoxy) is 2. The van der Waals surface area contributed by atoms with Crippen molar-refractivity contribution in [3.8, 4) is 0 Å². The molecule has 1 aliphatic heterocycles. The summed E-state index contributed by atoms with van der Waals surface area (Å²) in [5, 5.41) is 0.307. The van der Waals surface area contributed by atoms with E-state index in [0.717, 1.165) is 25.7 Å². The number of carbonyl (C=O) groups is 1. The average Bonchev–Trinajstić information content (AvgIpc) is 3.13. The molecule has 6 heteroatoms. The molecule has 4 aliphatic rings. The van der Waals surface area contributed by atoms with E-state index in [-0.39, 0.29) is 33.8 Å². The molecule has 0 N–H and O–H groups in total. The molecule has 0 aromatic heterocycles. The predicted molar refractivity (Wildman–Crippen MR) is 140 cm³/mol. The number of fused-ring (bicyclic) bond motifs is 1. The summed E-state index contributed by atoms with van der Waals surface area (Å²) < 4.78 is 20.0. The summed E-state index contributed by atoms with van der Waals surface area (Å²) >= 11 is 1.90. The summed E-state index contributed by atoms with van der Waals surface area (Å²) in [7, 11) is -2.04. The third kappa shape index (κ3) is 3.69. The van der Waals surface area contributed by atoms with Crippen molar-refractivity contribution in [1.29, 1.82) is 0 Å². The van der Waals surface area contributed by atoms with Gasteiger partial charge in [0.05, 0.1) is 11.4 Å². The van der Waals surface area contributed by atoms with Crippen molar-refractivity contribution in [2.45, 2.75) is 119 Å². The SMILES string of the molecule is C[C@@H]1C[C@@]23CCCC[C@@H](CC[C@H](Sc4ccccc4)[C@@]24OC(=O)O[C@@H]14)[C@H]3O[Si](C)(C)C(C)(C)C. The fourth-order valence-electron chi connectivity index (χ4n) is 7.36. The summed E-state index contributed by atoms with van der Waals surface area (Å²) in [6.45, 7) is 14.0. The number of hydrogen-bond acceptors (Lipinski definition) is 5. The lowest BCUT2D eigenvalue weighted by molar-refractivity contribution is -0.120. The van der Waals surface area contributed by atoms with Gasteiger partial charge in [-0.1, -0.05) is 58.7 Å². The molecule has 0 radical (unpaired) electrons. The first-order valence-corrected chi connectivity index (χ1v) is 17.1. The summed E-state index contributed by atoms with van der Waals surface area (Å²) in [4.78, 5) is 14.1. The minimum absolute atomic E-state index is 0.124. The van der Waals surface area contributed by atoms with Crippen LogP contribution < -0.4 is 0 Å². The lowest BCUT2D eigenvalue weighted by Gasteiger charge is -2.52. The smallest absolute Gasteiger partial charge is 0.426 e. The molecule has 3 aliphatic carbocycles. The Labute approximate surface area is 211 Å². The Morgan fingerprint density at radius 1 is 1.09 bits per heavy atom. The van der Waals surface area contributed by atoms with E-state index in [9.17, 15) is 4.79 Å². The molecule has 1 saturated heterocycles. The lowest BCUT2D eigenvalue weighted by atomic mass is 9.65. The van der Waals surface area contributed by atoms with Gasteiger partial charge in [-0.25, -0.2) is 4.79 Å². The Morgan fingerprint density at radius 2 is 1.82 bits per heavy atom. The van der Waals surface area contributed by atoms with Crippen LogP contribution >= 0.6 is 11.8 Å². The van der Waals surface area contributed by atoms with Crippen molar-refractivity contribution in [2.75, 3.05) is 0 Å². The van der Waals surface area contributed by atoms with Crippen LogP contribution in [0.3, 0.4) is 0 Å². The molecule has 0 amide bonds. The summed E-state index contributed by atoms with van der Waals surface area (Å²) in [5.41, 5.74) is -0.820. The molecule has 4 fully saturated rings. The lowest BCUT2D eigenvalue weighted by Crippen LogP contribution is -2.63. The van der Waals surface area contributed by atoms with E-state index in [1.54, 1.807) is 0 Å². The fourth-order valence-corrected chi connectivity index (χ4v) is 10.3. The number of rotatable bonds is 4. The normalized spacial score (nSPS) is 39.9. The highest BCUT2D eigenvalue weighted by Crippen LogP contribution is 2.68. The quantitative estimate of drug-likeness (QED) is 0.310. The van der Waals surface area contributed by atoms with Crippen molar-refractivity contribution in [3.05, 3.63) is 30.3 Å². The van der Waals surface area contributed by atoms with Gasteiger partial charge in [0.1, 0.15) is 6.10 Å². The van der Waals surface area contributed by atoms with Gasteiger partial charge in [-0.05, 0) is 74.2 Å². The van der Waals surface area contributed by atoms with Crippen LogP contribution in [-0.4, -0.2) is 37.5 Å². The van der Waals surface area contributed by atoms with E-state index in [1.807, 2.05) is 11.8 Å². The Morgan fingerprint density at radius 3 is 2.53 bits per heavy atom. The first-order chi connectivity index (χ1) is 16.0. The molecule has 188 valence electrons. The predicted octanol–water partition coefficient (Wildman–Crippen LogP) is 7.82. The molecule has 5 rings (SSSR count). The molecular weight excluding hydrogens is 460 g/mol. The largest absolute Gasteiger partial charge is 0.509 e. The van der Waals surface area contributed by atoms with Gasteiger partial charge in [-0.2, -0.15) is 0 Å². The Hall–Kier alpha value is -0.983. The highest BCUT2D eigenvalue weighted by Gasteiger charge is 2.77. The van der Waals surface area contributed by atoms with Gasteiger partial charge in [-0.15, -0.1) is 11.8 Å². The van der Waals surface area contributed by atoms with Gasteiger partial charge >= 0.3 is 6.16 Å². The van der Waals surface area contributed by atoms with E-state index in [2.05, 4.69) is 71.1 Å². The van der Waals surface area contributed by atoms with Crippen LogP contribution in [0.2, 0.25) is 18.1 Å². The van der Waals surface area contributed by atoms with Gasteiger partial charge in [0.2, 0.25) is 0 Å². The Kier molecular flexibility index (Phi) is 6.21. The van der Waals surface area contributed by atoms with E-state index < -0.39 is 20.1 Å². The van der Waals surface area contributed by atoms with Gasteiger partial charge in [0.15, 0.2) is 13.9 Å². The fraction of sp³-hybridized carbons (Fsp3) is 0.750. The number of benzene rings is 1. The van der Waals surface area contributed by atoms with E-state index >= 15 is 0 Å². The maximum atomic E-state index is 12.9. The topological polar surface area (TPSA) is 44.8 Å². The second kappa shape index (κ2) is 8.55. The van der Waals surface area contributed by atoms with Gasteiger partial charge < -0.3 is 13.9 Å². The summed E-state index contributed by atoms with van der Waals surface area (Å²) in [5.74, 6) is 0.785. The van der Waals surface area contributed by atoms with E-state index in [0.29, 0.717) is 5.92 Å². The van der Waals surface area contributed by atoms with Crippen molar-refractivity contribution in [3.63, 3.8) is 0 Å². The maximum Gasteiger partial charge on any atom is 0.509 e. The van der Waals surface area contributed by atoms with Crippen molar-refractivity contribution < 1.29 is 18.7 Å². The third-order valence-electron chi connectivity index (χ3n) is 9.83. The summed E-state index contributed by atoms with van der Waals surface area (Å²) in [6.07, 6.45) is 7.34. The molecular formula is C28H42O4SSi. The molecule has 2 spiro atoms. The highest BCUT2D eigenvalue weighted by molar-refractivity contribution is 8.00. The van der Waals surface area contributed by atoms with Crippen LogP contribution in [0.25, 0.3) is 0 Å². The van der Waals surface area contributed by atoms with Crippen molar-refractivity contribution in [2.24, 2.45) is 17.3 Å². The zero-order valence-electron chi connectivity index (χ0n) is 21.8. The number of thioether (sulfide) groups is 1. The van der Waals surface area contributed by atoms with Gasteiger partial charge in [0, 0.05) is 10.3 Å². The van der Waals surface area contributed by atoms with Crippen LogP contribution in [0.4, 0.5) is 4.79 Å². The molecule has 34 heavy (non-hydrogen) atoms. The standard InChI is InChI=1S/C28H42O4SSi/c1-19-18-27-17-11-10-12-20(24(27)32-34(5,6)26(2,3)4)15-16-22(33-21-13-8-7-9-14-21)28(27)23(19)30-25(29)31-28/h7-9,13-14,19-20,22-24H,10-12,15-18H2,1-6H3/t19-,20+,22+,23+,24-,27-,28+/m1/s1. The van der Waals surface area contributed by atoms with Crippen LogP contribution in [0.5, 0.6) is 0 Å². The van der Waals surface area contributed by atoms with Gasteiger partial charge in [0.25, 0.3) is 0 Å². The molecule has 2 bridgehead atoms. The molecule has 0 unspecified atom stereocenters. The maximum absolute atomic E-state index is 12.9. The molecule has 1 aromatic rings. The Bertz CT molecular complexity index is 915. The zero-order valence-corrected chi connectivity index (χ0v) is 23.6. The molecule has 1 heterocycles. The second-order valence-corrected chi connectivity index (χ2v) is 18.9. The third-order valence-corrected chi connectivity index (χ3v) is 15.7. The summed E-state index contributed by atoms with van der Waals surface area (Å²) in [6, 6.07) is 10.6. The van der Waals surface area contributed by atoms with Crippen molar-refractivity contribution >= 4 is 26.2 Å². The zero-order chi connectivity index (χ0) is 24.4. The van der Waals surface area contributed by atoms with Gasteiger partial charge in [-0.3, -0.25) is 0 Å². The van der Waals surface area contributed by atoms with Crippen LogP contribution in [0.15, 0.2) is 35.2 Å². The monoisotopic (exact) mass is 502 g/mol. The first kappa shape index (κ1) is 24.7. The van der Waals surface area contributed by atoms with E-state index in [1.165, 1.54) is 24.2 Å². The first-order valence-electron chi connectivity index (χ1n) is 13.3. The van der Waals surface area contributed by atoms with Crippen molar-refractivity contribution in [1.82, 2.24) is 0 Å². The molecule has 7 atom stereocenters. The Balaban J connectivity index is 1.66. The molecule has 4 nitrogen and oxygen atoms in total.